The number of rotatable bonds is 4. The van der Waals surface area contributed by atoms with Gasteiger partial charge in [-0.3, -0.25) is 4.84 Å². The summed E-state index contributed by atoms with van der Waals surface area (Å²) in [7, 11) is 0. The number of unbranched alkanes of at least 4 members (excludes halogenated alkanes) is 2. The van der Waals surface area contributed by atoms with Crippen molar-refractivity contribution in [2.24, 2.45) is 5.92 Å². The van der Waals surface area contributed by atoms with Gasteiger partial charge in [-0.25, -0.2) is 0 Å². The molecule has 0 aromatic rings. The highest BCUT2D eigenvalue weighted by atomic mass is 16.7. The highest BCUT2D eigenvalue weighted by molar-refractivity contribution is 5.14. The lowest BCUT2D eigenvalue weighted by atomic mass is 9.68. The molecule has 0 N–H and O–H groups in total. The quantitative estimate of drug-likeness (QED) is 0.723. The van der Waals surface area contributed by atoms with Gasteiger partial charge in [-0.05, 0) is 44.9 Å². The first-order valence-electron chi connectivity index (χ1n) is 8.17. The Morgan fingerprint density at radius 1 is 1.26 bits per heavy atom. The van der Waals surface area contributed by atoms with Crippen LogP contribution in [-0.4, -0.2) is 22.7 Å². The van der Waals surface area contributed by atoms with Crippen LogP contribution in [0.1, 0.15) is 71.1 Å². The van der Waals surface area contributed by atoms with Gasteiger partial charge in [0.05, 0.1) is 23.6 Å². The van der Waals surface area contributed by atoms with Crippen LogP contribution in [0.4, 0.5) is 0 Å². The van der Waals surface area contributed by atoms with Crippen molar-refractivity contribution in [1.29, 1.82) is 5.26 Å². The molecule has 0 aromatic carbocycles. The van der Waals surface area contributed by atoms with E-state index in [1.54, 1.807) is 0 Å². The molecule has 3 fully saturated rings. The third-order valence-corrected chi connectivity index (χ3v) is 5.50. The fourth-order valence-corrected chi connectivity index (χ4v) is 4.59. The van der Waals surface area contributed by atoms with Crippen LogP contribution in [0.5, 0.6) is 0 Å². The maximum atomic E-state index is 9.55. The summed E-state index contributed by atoms with van der Waals surface area (Å²) in [6.45, 7) is 2.26. The van der Waals surface area contributed by atoms with E-state index in [1.165, 1.54) is 57.8 Å². The Morgan fingerprint density at radius 3 is 2.79 bits per heavy atom. The van der Waals surface area contributed by atoms with Crippen LogP contribution < -0.4 is 0 Å². The Labute approximate surface area is 116 Å². The molecule has 2 saturated heterocycles. The van der Waals surface area contributed by atoms with Gasteiger partial charge < -0.3 is 0 Å². The van der Waals surface area contributed by atoms with Crippen molar-refractivity contribution < 1.29 is 4.84 Å². The second-order valence-corrected chi connectivity index (χ2v) is 6.61. The average molecular weight is 262 g/mol. The maximum Gasteiger partial charge on any atom is 0.0970 e. The molecule has 3 nitrogen and oxygen atoms in total. The predicted octanol–water partition coefficient (Wildman–Crippen LogP) is 3.80. The van der Waals surface area contributed by atoms with Crippen molar-refractivity contribution in [3.05, 3.63) is 0 Å². The zero-order valence-electron chi connectivity index (χ0n) is 12.1. The average Bonchev–Trinajstić information content (AvgIpc) is 2.60. The number of hydrogen-bond acceptors (Lipinski definition) is 3. The molecule has 1 aliphatic carbocycles. The fourth-order valence-electron chi connectivity index (χ4n) is 4.59. The van der Waals surface area contributed by atoms with E-state index in [9.17, 15) is 5.26 Å². The van der Waals surface area contributed by atoms with Crippen molar-refractivity contribution >= 4 is 0 Å². The van der Waals surface area contributed by atoms with E-state index in [2.05, 4.69) is 18.1 Å². The minimum Gasteiger partial charge on any atom is -0.293 e. The first-order valence-corrected chi connectivity index (χ1v) is 8.17. The maximum absolute atomic E-state index is 9.55. The molecule has 2 heterocycles. The van der Waals surface area contributed by atoms with Gasteiger partial charge in [0, 0.05) is 6.04 Å². The second kappa shape index (κ2) is 5.42. The van der Waals surface area contributed by atoms with Crippen LogP contribution in [0.15, 0.2) is 0 Å². The van der Waals surface area contributed by atoms with E-state index in [1.807, 2.05) is 0 Å². The summed E-state index contributed by atoms with van der Waals surface area (Å²) < 4.78 is 0. The van der Waals surface area contributed by atoms with E-state index in [0.29, 0.717) is 6.04 Å². The summed E-state index contributed by atoms with van der Waals surface area (Å²) in [5.41, 5.74) is 0.0762. The van der Waals surface area contributed by atoms with Gasteiger partial charge in [-0.1, -0.05) is 26.2 Å². The zero-order chi connectivity index (χ0) is 13.3. The Balaban J connectivity index is 1.76. The third-order valence-electron chi connectivity index (χ3n) is 5.50. The van der Waals surface area contributed by atoms with Crippen molar-refractivity contribution in [1.82, 2.24) is 5.06 Å². The van der Waals surface area contributed by atoms with Gasteiger partial charge in [-0.15, -0.1) is 0 Å². The summed E-state index contributed by atoms with van der Waals surface area (Å²) in [5.74, 6) is 0.121. The molecule has 4 atom stereocenters. The molecule has 106 valence electrons. The number of nitriles is 1. The summed E-state index contributed by atoms with van der Waals surface area (Å²) >= 11 is 0. The Bertz CT molecular complexity index is 360. The third kappa shape index (κ3) is 2.10. The number of nitrogens with zero attached hydrogens (tertiary/aromatic N) is 2. The molecule has 3 heteroatoms. The van der Waals surface area contributed by atoms with Gasteiger partial charge >= 0.3 is 0 Å². The number of hydroxylamine groups is 2. The number of hydrogen-bond donors (Lipinski definition) is 0. The molecule has 2 bridgehead atoms. The molecular formula is C16H26N2O. The minimum atomic E-state index is 0.0762. The molecule has 1 spiro atoms. The van der Waals surface area contributed by atoms with Crippen molar-refractivity contribution in [3.63, 3.8) is 0 Å². The first-order chi connectivity index (χ1) is 9.31. The molecule has 1 saturated carbocycles. The largest absolute Gasteiger partial charge is 0.293 e. The van der Waals surface area contributed by atoms with Crippen LogP contribution in [0.3, 0.4) is 0 Å². The highest BCUT2D eigenvalue weighted by Crippen LogP contribution is 2.53. The second-order valence-electron chi connectivity index (χ2n) is 6.61. The van der Waals surface area contributed by atoms with Crippen molar-refractivity contribution in [2.75, 3.05) is 0 Å². The standard InChI is InChI=1S/C16H26N2O/c1-2-3-4-7-13-8-5-10-16-11-6-9-15(14(16)12-17)19-18(13)16/h13-15H,2-11H2,1H3/t13-,14-,15+,16-/m1/s1. The van der Waals surface area contributed by atoms with E-state index in [4.69, 9.17) is 4.84 Å². The first kappa shape index (κ1) is 13.4. The number of fused-ring (bicyclic) bond motifs is 1. The van der Waals surface area contributed by atoms with Crippen molar-refractivity contribution in [3.8, 4) is 6.07 Å². The fraction of sp³-hybridized carbons (Fsp3) is 0.938. The van der Waals surface area contributed by atoms with Gasteiger partial charge in [-0.2, -0.15) is 10.3 Å². The van der Waals surface area contributed by atoms with Crippen molar-refractivity contribution in [2.45, 2.75) is 88.8 Å². The summed E-state index contributed by atoms with van der Waals surface area (Å²) in [6.07, 6.45) is 12.5. The van der Waals surface area contributed by atoms with E-state index in [0.717, 1.165) is 6.42 Å². The van der Waals surface area contributed by atoms with Crippen LogP contribution in [-0.2, 0) is 4.84 Å². The summed E-state index contributed by atoms with van der Waals surface area (Å²) in [4.78, 5) is 6.24. The topological polar surface area (TPSA) is 36.3 Å². The zero-order valence-corrected chi connectivity index (χ0v) is 12.1. The number of piperidine rings is 1. The van der Waals surface area contributed by atoms with E-state index in [-0.39, 0.29) is 17.6 Å². The lowest BCUT2D eigenvalue weighted by Crippen LogP contribution is -2.55. The molecule has 0 aromatic heterocycles. The molecule has 0 radical (unpaired) electrons. The molecule has 19 heavy (non-hydrogen) atoms. The van der Waals surface area contributed by atoms with Crippen LogP contribution >= 0.6 is 0 Å². The molecule has 0 amide bonds. The molecule has 3 rings (SSSR count). The normalized spacial score (nSPS) is 41.8. The SMILES string of the molecule is CCCCC[C@@H]1CCC[C@]23CCC[C@H](ON12)[C@H]3C#N. The van der Waals surface area contributed by atoms with E-state index < -0.39 is 0 Å². The lowest BCUT2D eigenvalue weighted by Gasteiger charge is -2.47. The monoisotopic (exact) mass is 262 g/mol. The molecule has 0 unspecified atom stereocenters. The Kier molecular flexibility index (Phi) is 3.82. The van der Waals surface area contributed by atoms with Crippen LogP contribution in [0, 0.1) is 17.2 Å². The van der Waals surface area contributed by atoms with Gasteiger partial charge in [0.2, 0.25) is 0 Å². The molecule has 3 aliphatic rings. The molecule has 2 aliphatic heterocycles. The summed E-state index contributed by atoms with van der Waals surface area (Å²) in [5, 5.41) is 11.9. The van der Waals surface area contributed by atoms with Gasteiger partial charge in [0.25, 0.3) is 0 Å². The van der Waals surface area contributed by atoms with Crippen LogP contribution in [0.25, 0.3) is 0 Å². The minimum absolute atomic E-state index is 0.0762. The van der Waals surface area contributed by atoms with E-state index >= 15 is 0 Å². The highest BCUT2D eigenvalue weighted by Gasteiger charge is 2.60. The summed E-state index contributed by atoms with van der Waals surface area (Å²) in [6, 6.07) is 3.15. The van der Waals surface area contributed by atoms with Gasteiger partial charge in [0.15, 0.2) is 0 Å². The smallest absolute Gasteiger partial charge is 0.0970 e. The Morgan fingerprint density at radius 2 is 2.05 bits per heavy atom. The van der Waals surface area contributed by atoms with Crippen LogP contribution in [0.2, 0.25) is 0 Å². The van der Waals surface area contributed by atoms with Gasteiger partial charge in [0.1, 0.15) is 0 Å². The predicted molar refractivity (Wildman–Crippen MR) is 74.2 cm³/mol. The lowest BCUT2D eigenvalue weighted by molar-refractivity contribution is -0.223. The molecular weight excluding hydrogens is 236 g/mol. The Hall–Kier alpha value is -0.590.